The SMILES string of the molecule is CC(=O)Nc1ccc(NC(=O)c2cc(N3CCN(C=O)CC3)ncn2)cc1. The number of nitrogens with zero attached hydrogens (tertiary/aromatic N) is 4. The Labute approximate surface area is 156 Å². The van der Waals surface area contributed by atoms with Crippen molar-refractivity contribution in [3.8, 4) is 0 Å². The molecule has 3 rings (SSSR count). The van der Waals surface area contributed by atoms with Gasteiger partial charge in [0.2, 0.25) is 12.3 Å². The summed E-state index contributed by atoms with van der Waals surface area (Å²) in [5, 5.41) is 5.44. The molecule has 2 heterocycles. The third-order valence-corrected chi connectivity index (χ3v) is 4.14. The molecule has 0 saturated carbocycles. The lowest BCUT2D eigenvalue weighted by atomic mass is 10.2. The lowest BCUT2D eigenvalue weighted by Gasteiger charge is -2.33. The monoisotopic (exact) mass is 368 g/mol. The van der Waals surface area contributed by atoms with E-state index in [4.69, 9.17) is 0 Å². The maximum atomic E-state index is 12.5. The van der Waals surface area contributed by atoms with Crippen molar-refractivity contribution in [3.05, 3.63) is 42.4 Å². The van der Waals surface area contributed by atoms with Crippen molar-refractivity contribution in [1.29, 1.82) is 0 Å². The molecule has 0 spiro atoms. The highest BCUT2D eigenvalue weighted by atomic mass is 16.2. The molecule has 0 aliphatic carbocycles. The molecule has 0 unspecified atom stereocenters. The first-order valence-corrected chi connectivity index (χ1v) is 8.50. The number of hydrogen-bond donors (Lipinski definition) is 2. The molecule has 1 aromatic heterocycles. The lowest BCUT2D eigenvalue weighted by Crippen LogP contribution is -2.46. The van der Waals surface area contributed by atoms with Crippen LogP contribution >= 0.6 is 0 Å². The van der Waals surface area contributed by atoms with E-state index in [0.29, 0.717) is 43.4 Å². The van der Waals surface area contributed by atoms with Gasteiger partial charge >= 0.3 is 0 Å². The van der Waals surface area contributed by atoms with Gasteiger partial charge < -0.3 is 20.4 Å². The van der Waals surface area contributed by atoms with E-state index in [2.05, 4.69) is 20.6 Å². The number of anilines is 3. The summed E-state index contributed by atoms with van der Waals surface area (Å²) in [7, 11) is 0. The lowest BCUT2D eigenvalue weighted by molar-refractivity contribution is -0.118. The second-order valence-electron chi connectivity index (χ2n) is 6.10. The zero-order valence-electron chi connectivity index (χ0n) is 14.9. The molecular weight excluding hydrogens is 348 g/mol. The predicted molar refractivity (Wildman–Crippen MR) is 101 cm³/mol. The maximum Gasteiger partial charge on any atom is 0.274 e. The fourth-order valence-corrected chi connectivity index (χ4v) is 2.74. The first kappa shape index (κ1) is 18.3. The van der Waals surface area contributed by atoms with Crippen molar-refractivity contribution >= 4 is 35.4 Å². The van der Waals surface area contributed by atoms with E-state index >= 15 is 0 Å². The van der Waals surface area contributed by atoms with Gasteiger partial charge in [0, 0.05) is 50.5 Å². The molecule has 27 heavy (non-hydrogen) atoms. The van der Waals surface area contributed by atoms with Gasteiger partial charge in [-0.3, -0.25) is 14.4 Å². The Morgan fingerprint density at radius 3 is 2.22 bits per heavy atom. The van der Waals surface area contributed by atoms with Gasteiger partial charge in [-0.05, 0) is 24.3 Å². The fraction of sp³-hybridized carbons (Fsp3) is 0.278. The molecule has 1 aliphatic rings. The van der Waals surface area contributed by atoms with Crippen molar-refractivity contribution in [3.63, 3.8) is 0 Å². The van der Waals surface area contributed by atoms with Crippen molar-refractivity contribution in [1.82, 2.24) is 14.9 Å². The summed E-state index contributed by atoms with van der Waals surface area (Å²) in [5.41, 5.74) is 1.50. The number of amides is 3. The molecule has 2 aromatic rings. The molecule has 3 amide bonds. The van der Waals surface area contributed by atoms with Crippen LogP contribution in [0.5, 0.6) is 0 Å². The Bertz CT molecular complexity index is 831. The molecule has 0 atom stereocenters. The van der Waals surface area contributed by atoms with Crippen molar-refractivity contribution < 1.29 is 14.4 Å². The Morgan fingerprint density at radius 2 is 1.63 bits per heavy atom. The van der Waals surface area contributed by atoms with Gasteiger partial charge in [0.25, 0.3) is 5.91 Å². The maximum absolute atomic E-state index is 12.5. The molecule has 140 valence electrons. The van der Waals surface area contributed by atoms with E-state index in [1.165, 1.54) is 13.3 Å². The molecule has 1 fully saturated rings. The Hall–Kier alpha value is -3.49. The summed E-state index contributed by atoms with van der Waals surface area (Å²) in [4.78, 5) is 46.3. The van der Waals surface area contributed by atoms with Gasteiger partial charge in [-0.15, -0.1) is 0 Å². The highest BCUT2D eigenvalue weighted by molar-refractivity contribution is 6.03. The van der Waals surface area contributed by atoms with Gasteiger partial charge in [-0.2, -0.15) is 0 Å². The first-order valence-electron chi connectivity index (χ1n) is 8.50. The number of aromatic nitrogens is 2. The number of benzene rings is 1. The topological polar surface area (TPSA) is 108 Å². The second-order valence-corrected chi connectivity index (χ2v) is 6.10. The molecule has 0 radical (unpaired) electrons. The highest BCUT2D eigenvalue weighted by Crippen LogP contribution is 2.16. The zero-order valence-corrected chi connectivity index (χ0v) is 14.9. The molecule has 1 aliphatic heterocycles. The fourth-order valence-electron chi connectivity index (χ4n) is 2.74. The van der Waals surface area contributed by atoms with Gasteiger partial charge in [0.1, 0.15) is 17.8 Å². The minimum absolute atomic E-state index is 0.158. The number of carbonyl (C=O) groups excluding carboxylic acids is 3. The minimum Gasteiger partial charge on any atom is -0.353 e. The third kappa shape index (κ3) is 4.78. The van der Waals surface area contributed by atoms with Crippen molar-refractivity contribution in [2.45, 2.75) is 6.92 Å². The van der Waals surface area contributed by atoms with E-state index in [1.807, 2.05) is 4.90 Å². The van der Waals surface area contributed by atoms with Crippen LogP contribution in [-0.2, 0) is 9.59 Å². The highest BCUT2D eigenvalue weighted by Gasteiger charge is 2.18. The van der Waals surface area contributed by atoms with E-state index in [1.54, 1.807) is 35.2 Å². The standard InChI is InChI=1S/C18H20N6O3/c1-13(26)21-14-2-4-15(5-3-14)22-18(27)16-10-17(20-11-19-16)24-8-6-23(12-25)7-9-24/h2-5,10-12H,6-9H2,1H3,(H,21,26)(H,22,27). The molecular formula is C18H20N6O3. The summed E-state index contributed by atoms with van der Waals surface area (Å²) in [6.45, 7) is 3.98. The number of carbonyl (C=O) groups is 3. The summed E-state index contributed by atoms with van der Waals surface area (Å²) in [5.74, 6) is 0.147. The molecule has 9 heteroatoms. The second kappa shape index (κ2) is 8.26. The van der Waals surface area contributed by atoms with Crippen LogP contribution < -0.4 is 15.5 Å². The van der Waals surface area contributed by atoms with Crippen LogP contribution in [0.2, 0.25) is 0 Å². The Morgan fingerprint density at radius 1 is 1.00 bits per heavy atom. The third-order valence-electron chi connectivity index (χ3n) is 4.14. The van der Waals surface area contributed by atoms with Crippen LogP contribution in [0.25, 0.3) is 0 Å². The molecule has 1 aromatic carbocycles. The Kier molecular flexibility index (Phi) is 5.60. The number of piperazine rings is 1. The van der Waals surface area contributed by atoms with Crippen LogP contribution in [0.1, 0.15) is 17.4 Å². The summed E-state index contributed by atoms with van der Waals surface area (Å²) in [6.07, 6.45) is 2.20. The summed E-state index contributed by atoms with van der Waals surface area (Å²) < 4.78 is 0. The van der Waals surface area contributed by atoms with Crippen LogP contribution in [-0.4, -0.2) is 59.3 Å². The van der Waals surface area contributed by atoms with Crippen molar-refractivity contribution in [2.24, 2.45) is 0 Å². The molecule has 2 N–H and O–H groups in total. The Balaban J connectivity index is 1.65. The molecule has 0 bridgehead atoms. The van der Waals surface area contributed by atoms with E-state index in [9.17, 15) is 14.4 Å². The van der Waals surface area contributed by atoms with Crippen LogP contribution in [0, 0.1) is 0 Å². The number of nitrogens with one attached hydrogen (secondary N) is 2. The summed E-state index contributed by atoms with van der Waals surface area (Å²) in [6, 6.07) is 8.44. The number of hydrogen-bond acceptors (Lipinski definition) is 6. The largest absolute Gasteiger partial charge is 0.353 e. The quantitative estimate of drug-likeness (QED) is 0.762. The van der Waals surface area contributed by atoms with Gasteiger partial charge in [0.05, 0.1) is 0 Å². The van der Waals surface area contributed by atoms with Crippen molar-refractivity contribution in [2.75, 3.05) is 41.7 Å². The first-order chi connectivity index (χ1) is 13.0. The minimum atomic E-state index is -0.350. The predicted octanol–water partition coefficient (Wildman–Crippen LogP) is 0.966. The average molecular weight is 368 g/mol. The van der Waals surface area contributed by atoms with Gasteiger partial charge in [0.15, 0.2) is 0 Å². The van der Waals surface area contributed by atoms with E-state index < -0.39 is 0 Å². The van der Waals surface area contributed by atoms with Crippen LogP contribution in [0.3, 0.4) is 0 Å². The van der Waals surface area contributed by atoms with Crippen LogP contribution in [0.15, 0.2) is 36.7 Å². The molecule has 1 saturated heterocycles. The average Bonchev–Trinajstić information content (AvgIpc) is 2.69. The number of rotatable bonds is 5. The smallest absolute Gasteiger partial charge is 0.274 e. The normalized spacial score (nSPS) is 13.8. The molecule has 9 nitrogen and oxygen atoms in total. The van der Waals surface area contributed by atoms with E-state index in [-0.39, 0.29) is 17.5 Å². The van der Waals surface area contributed by atoms with Gasteiger partial charge in [-0.25, -0.2) is 9.97 Å². The van der Waals surface area contributed by atoms with E-state index in [0.717, 1.165) is 6.41 Å². The van der Waals surface area contributed by atoms with Gasteiger partial charge in [-0.1, -0.05) is 0 Å². The summed E-state index contributed by atoms with van der Waals surface area (Å²) >= 11 is 0. The van der Waals surface area contributed by atoms with Crippen LogP contribution in [0.4, 0.5) is 17.2 Å². The zero-order chi connectivity index (χ0) is 19.2.